The molecule has 2 aliphatic rings. The first-order chi connectivity index (χ1) is 14.9. The highest BCUT2D eigenvalue weighted by Gasteiger charge is 2.57. The molecule has 0 radical (unpaired) electrons. The minimum atomic E-state index is -0.907. The van der Waals surface area contributed by atoms with Gasteiger partial charge in [-0.15, -0.1) is 0 Å². The van der Waals surface area contributed by atoms with Crippen LogP contribution in [0.25, 0.3) is 0 Å². The number of carboxylic acids is 1. The summed E-state index contributed by atoms with van der Waals surface area (Å²) in [5, 5.41) is 12.9. The summed E-state index contributed by atoms with van der Waals surface area (Å²) in [6, 6.07) is 19.2. The summed E-state index contributed by atoms with van der Waals surface area (Å²) >= 11 is 0. The lowest BCUT2D eigenvalue weighted by Crippen LogP contribution is -2.49. The fraction of sp³-hybridized carbons (Fsp3) is 0.458. The SMILES string of the molecule is CC1(C)O[C@H]2O[C@H]([C@@H](CC(=O)O)NCc3ccccc3)[C@H](OCc3ccccc3)[C@H]2O1. The Morgan fingerprint density at radius 3 is 2.35 bits per heavy atom. The molecule has 0 aromatic heterocycles. The van der Waals surface area contributed by atoms with Crippen LogP contribution in [-0.4, -0.2) is 47.5 Å². The van der Waals surface area contributed by atoms with Crippen molar-refractivity contribution < 1.29 is 28.8 Å². The van der Waals surface area contributed by atoms with E-state index in [4.69, 9.17) is 18.9 Å². The molecule has 2 fully saturated rings. The van der Waals surface area contributed by atoms with E-state index in [2.05, 4.69) is 5.32 Å². The lowest BCUT2D eigenvalue weighted by atomic mass is 10.00. The Bertz CT molecular complexity index is 859. The molecular formula is C24H29NO6. The molecule has 31 heavy (non-hydrogen) atoms. The number of carboxylic acid groups (broad SMARTS) is 1. The fourth-order valence-electron chi connectivity index (χ4n) is 4.12. The molecule has 2 heterocycles. The Morgan fingerprint density at radius 1 is 1.06 bits per heavy atom. The van der Waals surface area contributed by atoms with Gasteiger partial charge in [0, 0.05) is 12.6 Å². The minimum absolute atomic E-state index is 0.106. The molecule has 2 saturated heterocycles. The minimum Gasteiger partial charge on any atom is -0.481 e. The van der Waals surface area contributed by atoms with Gasteiger partial charge in [0.2, 0.25) is 0 Å². The van der Waals surface area contributed by atoms with Crippen LogP contribution in [0.15, 0.2) is 60.7 Å². The predicted octanol–water partition coefficient (Wildman–Crippen LogP) is 3.08. The van der Waals surface area contributed by atoms with Crippen molar-refractivity contribution in [3.05, 3.63) is 71.8 Å². The Morgan fingerprint density at radius 2 is 1.71 bits per heavy atom. The van der Waals surface area contributed by atoms with Crippen molar-refractivity contribution in [3.8, 4) is 0 Å². The van der Waals surface area contributed by atoms with Gasteiger partial charge in [-0.05, 0) is 25.0 Å². The van der Waals surface area contributed by atoms with E-state index in [1.807, 2.05) is 74.5 Å². The largest absolute Gasteiger partial charge is 0.481 e. The molecule has 0 unspecified atom stereocenters. The van der Waals surface area contributed by atoms with Gasteiger partial charge in [-0.2, -0.15) is 0 Å². The van der Waals surface area contributed by atoms with Gasteiger partial charge in [-0.25, -0.2) is 0 Å². The molecule has 0 spiro atoms. The van der Waals surface area contributed by atoms with E-state index in [0.29, 0.717) is 13.2 Å². The van der Waals surface area contributed by atoms with E-state index in [9.17, 15) is 9.90 Å². The molecule has 0 amide bonds. The number of fused-ring (bicyclic) bond motifs is 1. The quantitative estimate of drug-likeness (QED) is 0.636. The highest BCUT2D eigenvalue weighted by Crippen LogP contribution is 2.40. The Hall–Kier alpha value is -2.29. The lowest BCUT2D eigenvalue weighted by Gasteiger charge is -2.31. The summed E-state index contributed by atoms with van der Waals surface area (Å²) in [6.45, 7) is 4.56. The van der Waals surface area contributed by atoms with Crippen LogP contribution in [0.3, 0.4) is 0 Å². The highest BCUT2D eigenvalue weighted by atomic mass is 16.8. The van der Waals surface area contributed by atoms with Crippen molar-refractivity contribution in [1.82, 2.24) is 5.32 Å². The third-order valence-electron chi connectivity index (χ3n) is 5.51. The Kier molecular flexibility index (Phi) is 6.69. The van der Waals surface area contributed by atoms with E-state index in [0.717, 1.165) is 11.1 Å². The zero-order valence-electron chi connectivity index (χ0n) is 17.8. The van der Waals surface area contributed by atoms with E-state index >= 15 is 0 Å². The Balaban J connectivity index is 1.51. The van der Waals surface area contributed by atoms with Gasteiger partial charge >= 0.3 is 5.97 Å². The predicted molar refractivity (Wildman–Crippen MR) is 113 cm³/mol. The second kappa shape index (κ2) is 9.46. The Labute approximate surface area is 182 Å². The normalized spacial score (nSPS) is 27.7. The summed E-state index contributed by atoms with van der Waals surface area (Å²) in [7, 11) is 0. The number of benzene rings is 2. The monoisotopic (exact) mass is 427 g/mol. The maximum absolute atomic E-state index is 11.6. The van der Waals surface area contributed by atoms with Crippen molar-refractivity contribution >= 4 is 5.97 Å². The summed E-state index contributed by atoms with van der Waals surface area (Å²) in [5.74, 6) is -1.69. The molecule has 2 aromatic carbocycles. The zero-order chi connectivity index (χ0) is 21.8. The van der Waals surface area contributed by atoms with Crippen molar-refractivity contribution in [2.45, 2.75) is 69.9 Å². The number of rotatable bonds is 9. The molecule has 5 atom stereocenters. The summed E-state index contributed by atoms with van der Waals surface area (Å²) < 4.78 is 24.4. The van der Waals surface area contributed by atoms with Crippen molar-refractivity contribution in [3.63, 3.8) is 0 Å². The maximum atomic E-state index is 11.6. The second-order valence-electron chi connectivity index (χ2n) is 8.40. The maximum Gasteiger partial charge on any atom is 0.305 e. The van der Waals surface area contributed by atoms with E-state index in [1.54, 1.807) is 0 Å². The summed E-state index contributed by atoms with van der Waals surface area (Å²) in [5.41, 5.74) is 2.08. The van der Waals surface area contributed by atoms with Gasteiger partial charge in [-0.3, -0.25) is 4.79 Å². The lowest BCUT2D eigenvalue weighted by molar-refractivity contribution is -0.223. The van der Waals surface area contributed by atoms with Gasteiger partial charge in [-0.1, -0.05) is 60.7 Å². The molecule has 0 bridgehead atoms. The van der Waals surface area contributed by atoms with Crippen molar-refractivity contribution in [2.75, 3.05) is 0 Å². The van der Waals surface area contributed by atoms with E-state index in [-0.39, 0.29) is 6.42 Å². The average molecular weight is 427 g/mol. The average Bonchev–Trinajstić information content (AvgIpc) is 3.22. The van der Waals surface area contributed by atoms with Crippen LogP contribution in [0.1, 0.15) is 31.4 Å². The van der Waals surface area contributed by atoms with Gasteiger partial charge in [0.1, 0.15) is 18.3 Å². The first kappa shape index (κ1) is 21.9. The molecular weight excluding hydrogens is 398 g/mol. The zero-order valence-corrected chi connectivity index (χ0v) is 17.8. The van der Waals surface area contributed by atoms with Crippen LogP contribution in [0, 0.1) is 0 Å². The molecule has 2 N–H and O–H groups in total. The van der Waals surface area contributed by atoms with Crippen LogP contribution in [0.2, 0.25) is 0 Å². The van der Waals surface area contributed by atoms with Gasteiger partial charge in [0.05, 0.1) is 13.0 Å². The molecule has 0 aliphatic carbocycles. The molecule has 2 aromatic rings. The molecule has 7 nitrogen and oxygen atoms in total. The number of ether oxygens (including phenoxy) is 4. The van der Waals surface area contributed by atoms with Crippen LogP contribution >= 0.6 is 0 Å². The number of hydrogen-bond donors (Lipinski definition) is 2. The van der Waals surface area contributed by atoms with E-state index < -0.39 is 42.4 Å². The first-order valence-corrected chi connectivity index (χ1v) is 10.6. The number of carbonyl (C=O) groups is 1. The number of hydrogen-bond acceptors (Lipinski definition) is 6. The summed E-state index contributed by atoms with van der Waals surface area (Å²) in [6.07, 6.45) is -2.14. The van der Waals surface area contributed by atoms with Crippen molar-refractivity contribution in [1.29, 1.82) is 0 Å². The van der Waals surface area contributed by atoms with Gasteiger partial charge in [0.25, 0.3) is 0 Å². The third kappa shape index (κ3) is 5.50. The standard InChI is InChI=1S/C24H29NO6/c1-24(2)30-22-21(28-15-17-11-7-4-8-12-17)20(29-23(22)31-24)18(13-19(26)27)25-14-16-9-5-3-6-10-16/h3-12,18,20-23,25H,13-15H2,1-2H3,(H,26,27)/t18-,20-,21+,22-,23-/m1/s1. The highest BCUT2D eigenvalue weighted by molar-refractivity contribution is 5.67. The van der Waals surface area contributed by atoms with E-state index in [1.165, 1.54) is 0 Å². The molecule has 0 saturated carbocycles. The third-order valence-corrected chi connectivity index (χ3v) is 5.51. The van der Waals surface area contributed by atoms with Crippen LogP contribution in [0.5, 0.6) is 0 Å². The van der Waals surface area contributed by atoms with Crippen LogP contribution in [0.4, 0.5) is 0 Å². The molecule has 166 valence electrons. The molecule has 7 heteroatoms. The molecule has 2 aliphatic heterocycles. The van der Waals surface area contributed by atoms with Gasteiger partial charge in [0.15, 0.2) is 12.1 Å². The first-order valence-electron chi connectivity index (χ1n) is 10.6. The topological polar surface area (TPSA) is 86.3 Å². The fourth-order valence-corrected chi connectivity index (χ4v) is 4.12. The second-order valence-corrected chi connectivity index (χ2v) is 8.40. The summed E-state index contributed by atoms with van der Waals surface area (Å²) in [4.78, 5) is 11.6. The van der Waals surface area contributed by atoms with Crippen LogP contribution < -0.4 is 5.32 Å². The van der Waals surface area contributed by atoms with Crippen LogP contribution in [-0.2, 0) is 36.9 Å². The molecule has 4 rings (SSSR count). The number of aliphatic carboxylic acids is 1. The number of nitrogens with one attached hydrogen (secondary N) is 1. The van der Waals surface area contributed by atoms with Crippen molar-refractivity contribution in [2.24, 2.45) is 0 Å². The van der Waals surface area contributed by atoms with Gasteiger partial charge < -0.3 is 29.4 Å². The smallest absolute Gasteiger partial charge is 0.305 e.